The Kier molecular flexibility index (Phi) is 7.48. The van der Waals surface area contributed by atoms with E-state index in [4.69, 9.17) is 5.73 Å². The summed E-state index contributed by atoms with van der Waals surface area (Å²) in [6, 6.07) is 0. The van der Waals surface area contributed by atoms with Crippen molar-refractivity contribution in [1.29, 1.82) is 0 Å². The van der Waals surface area contributed by atoms with Crippen LogP contribution in [0.4, 0.5) is 0 Å². The standard InChI is InChI=1S/C14H27N3O2/c1-2-8-16-13(18)10-17-14(19)12-5-3-4-11(9-12)6-7-15/h11-12H,2-10,15H2,1H3,(H,16,18)(H,17,19). The molecule has 0 aliphatic heterocycles. The molecule has 0 radical (unpaired) electrons. The molecule has 5 nitrogen and oxygen atoms in total. The van der Waals surface area contributed by atoms with Gasteiger partial charge in [0.1, 0.15) is 0 Å². The van der Waals surface area contributed by atoms with Gasteiger partial charge in [-0.15, -0.1) is 0 Å². The average molecular weight is 269 g/mol. The monoisotopic (exact) mass is 269 g/mol. The first-order valence-corrected chi connectivity index (χ1v) is 7.41. The zero-order valence-electron chi connectivity index (χ0n) is 11.9. The second-order valence-corrected chi connectivity index (χ2v) is 5.37. The van der Waals surface area contributed by atoms with Crippen molar-refractivity contribution < 1.29 is 9.59 Å². The van der Waals surface area contributed by atoms with Crippen LogP contribution in [0.3, 0.4) is 0 Å². The highest BCUT2D eigenvalue weighted by molar-refractivity contribution is 5.85. The van der Waals surface area contributed by atoms with Crippen LogP contribution < -0.4 is 16.4 Å². The van der Waals surface area contributed by atoms with Crippen molar-refractivity contribution >= 4 is 11.8 Å². The summed E-state index contributed by atoms with van der Waals surface area (Å²) in [7, 11) is 0. The first kappa shape index (κ1) is 16.0. The van der Waals surface area contributed by atoms with Gasteiger partial charge >= 0.3 is 0 Å². The predicted molar refractivity (Wildman–Crippen MR) is 75.4 cm³/mol. The van der Waals surface area contributed by atoms with Crippen molar-refractivity contribution in [2.24, 2.45) is 17.6 Å². The molecule has 0 aromatic rings. The molecule has 0 aromatic carbocycles. The fraction of sp³-hybridized carbons (Fsp3) is 0.857. The molecule has 0 bridgehead atoms. The zero-order valence-corrected chi connectivity index (χ0v) is 11.9. The number of carbonyl (C=O) groups excluding carboxylic acids is 2. The second-order valence-electron chi connectivity index (χ2n) is 5.37. The number of hydrogen-bond donors (Lipinski definition) is 3. The molecule has 1 saturated carbocycles. The van der Waals surface area contributed by atoms with E-state index >= 15 is 0 Å². The van der Waals surface area contributed by atoms with Gasteiger partial charge in [0.25, 0.3) is 0 Å². The van der Waals surface area contributed by atoms with Crippen molar-refractivity contribution in [3.05, 3.63) is 0 Å². The molecular weight excluding hydrogens is 242 g/mol. The van der Waals surface area contributed by atoms with Crippen molar-refractivity contribution in [2.45, 2.75) is 45.4 Å². The van der Waals surface area contributed by atoms with E-state index in [1.807, 2.05) is 6.92 Å². The Hall–Kier alpha value is -1.10. The Bertz CT molecular complexity index is 292. The summed E-state index contributed by atoms with van der Waals surface area (Å²) < 4.78 is 0. The molecule has 0 saturated heterocycles. The molecule has 1 fully saturated rings. The lowest BCUT2D eigenvalue weighted by Gasteiger charge is -2.28. The van der Waals surface area contributed by atoms with Crippen LogP contribution in [0.25, 0.3) is 0 Å². The van der Waals surface area contributed by atoms with Crippen LogP contribution in [0, 0.1) is 11.8 Å². The van der Waals surface area contributed by atoms with E-state index in [0.717, 1.165) is 32.1 Å². The zero-order chi connectivity index (χ0) is 14.1. The summed E-state index contributed by atoms with van der Waals surface area (Å²) in [5.74, 6) is 0.547. The summed E-state index contributed by atoms with van der Waals surface area (Å²) >= 11 is 0. The van der Waals surface area contributed by atoms with Crippen molar-refractivity contribution in [2.75, 3.05) is 19.6 Å². The lowest BCUT2D eigenvalue weighted by atomic mass is 9.79. The fourth-order valence-electron chi connectivity index (χ4n) is 2.67. The molecule has 1 aliphatic rings. The summed E-state index contributed by atoms with van der Waals surface area (Å²) in [6.45, 7) is 3.45. The quantitative estimate of drug-likeness (QED) is 0.638. The van der Waals surface area contributed by atoms with E-state index in [2.05, 4.69) is 10.6 Å². The van der Waals surface area contributed by atoms with E-state index in [1.165, 1.54) is 6.42 Å². The highest BCUT2D eigenvalue weighted by Crippen LogP contribution is 2.30. The lowest BCUT2D eigenvalue weighted by molar-refractivity contribution is -0.129. The molecule has 1 aliphatic carbocycles. The van der Waals surface area contributed by atoms with Gasteiger partial charge in [-0.25, -0.2) is 0 Å². The highest BCUT2D eigenvalue weighted by Gasteiger charge is 2.26. The lowest BCUT2D eigenvalue weighted by Crippen LogP contribution is -2.41. The van der Waals surface area contributed by atoms with Gasteiger partial charge in [0.05, 0.1) is 6.54 Å². The van der Waals surface area contributed by atoms with E-state index < -0.39 is 0 Å². The number of amides is 2. The van der Waals surface area contributed by atoms with Crippen LogP contribution >= 0.6 is 0 Å². The summed E-state index contributed by atoms with van der Waals surface area (Å²) in [6.07, 6.45) is 6.02. The van der Waals surface area contributed by atoms with E-state index in [-0.39, 0.29) is 24.3 Å². The summed E-state index contributed by atoms with van der Waals surface area (Å²) in [4.78, 5) is 23.4. The van der Waals surface area contributed by atoms with E-state index in [0.29, 0.717) is 19.0 Å². The van der Waals surface area contributed by atoms with Crippen molar-refractivity contribution in [3.8, 4) is 0 Å². The molecule has 5 heteroatoms. The molecule has 0 heterocycles. The largest absolute Gasteiger partial charge is 0.355 e. The normalized spacial score (nSPS) is 22.8. The SMILES string of the molecule is CCCNC(=O)CNC(=O)C1CCCC(CCN)C1. The minimum absolute atomic E-state index is 0.0216. The molecule has 4 N–H and O–H groups in total. The Labute approximate surface area is 115 Å². The third kappa shape index (κ3) is 6.05. The minimum atomic E-state index is -0.107. The Morgan fingerprint density at radius 3 is 2.74 bits per heavy atom. The molecule has 19 heavy (non-hydrogen) atoms. The maximum atomic E-state index is 12.0. The van der Waals surface area contributed by atoms with Crippen LogP contribution in [0.1, 0.15) is 45.4 Å². The Balaban J connectivity index is 2.26. The second kappa shape index (κ2) is 8.91. The van der Waals surface area contributed by atoms with Gasteiger partial charge in [0.15, 0.2) is 0 Å². The number of hydrogen-bond acceptors (Lipinski definition) is 3. The number of rotatable bonds is 7. The van der Waals surface area contributed by atoms with E-state index in [9.17, 15) is 9.59 Å². The highest BCUT2D eigenvalue weighted by atomic mass is 16.2. The topological polar surface area (TPSA) is 84.2 Å². The summed E-state index contributed by atoms with van der Waals surface area (Å²) in [5.41, 5.74) is 5.57. The fourth-order valence-corrected chi connectivity index (χ4v) is 2.67. The smallest absolute Gasteiger partial charge is 0.239 e. The van der Waals surface area contributed by atoms with Crippen LogP contribution in [-0.2, 0) is 9.59 Å². The summed E-state index contributed by atoms with van der Waals surface area (Å²) in [5, 5.41) is 5.49. The molecule has 2 atom stereocenters. The molecular formula is C14H27N3O2. The Morgan fingerprint density at radius 2 is 2.05 bits per heavy atom. The van der Waals surface area contributed by atoms with Gasteiger partial charge in [-0.2, -0.15) is 0 Å². The average Bonchev–Trinajstić information content (AvgIpc) is 2.43. The van der Waals surface area contributed by atoms with Crippen LogP contribution in [0.15, 0.2) is 0 Å². The maximum absolute atomic E-state index is 12.0. The van der Waals surface area contributed by atoms with Gasteiger partial charge in [-0.05, 0) is 38.1 Å². The van der Waals surface area contributed by atoms with Crippen LogP contribution in [-0.4, -0.2) is 31.4 Å². The molecule has 2 unspecified atom stereocenters. The van der Waals surface area contributed by atoms with Crippen molar-refractivity contribution in [1.82, 2.24) is 10.6 Å². The molecule has 0 spiro atoms. The first-order valence-electron chi connectivity index (χ1n) is 7.41. The molecule has 1 rings (SSSR count). The third-order valence-electron chi connectivity index (χ3n) is 3.72. The van der Waals surface area contributed by atoms with Gasteiger partial charge in [-0.3, -0.25) is 9.59 Å². The van der Waals surface area contributed by atoms with E-state index in [1.54, 1.807) is 0 Å². The van der Waals surface area contributed by atoms with Gasteiger partial charge in [-0.1, -0.05) is 19.8 Å². The number of nitrogens with two attached hydrogens (primary N) is 1. The Morgan fingerprint density at radius 1 is 1.26 bits per heavy atom. The molecule has 0 aromatic heterocycles. The maximum Gasteiger partial charge on any atom is 0.239 e. The van der Waals surface area contributed by atoms with Gasteiger partial charge in [0, 0.05) is 12.5 Å². The molecule has 2 amide bonds. The van der Waals surface area contributed by atoms with Crippen LogP contribution in [0.5, 0.6) is 0 Å². The molecule has 110 valence electrons. The number of nitrogens with one attached hydrogen (secondary N) is 2. The van der Waals surface area contributed by atoms with Crippen molar-refractivity contribution in [3.63, 3.8) is 0 Å². The third-order valence-corrected chi connectivity index (χ3v) is 3.72. The predicted octanol–water partition coefficient (Wildman–Crippen LogP) is 0.784. The van der Waals surface area contributed by atoms with Gasteiger partial charge in [0.2, 0.25) is 11.8 Å². The van der Waals surface area contributed by atoms with Crippen LogP contribution in [0.2, 0.25) is 0 Å². The first-order chi connectivity index (χ1) is 9.17. The number of carbonyl (C=O) groups is 2. The minimum Gasteiger partial charge on any atom is -0.355 e. The van der Waals surface area contributed by atoms with Gasteiger partial charge < -0.3 is 16.4 Å².